The summed E-state index contributed by atoms with van der Waals surface area (Å²) in [4.78, 5) is 5.32. The summed E-state index contributed by atoms with van der Waals surface area (Å²) in [5, 5.41) is 2.36. The minimum absolute atomic E-state index is 0. The fourth-order valence-electron chi connectivity index (χ4n) is 12.5. The van der Waals surface area contributed by atoms with Crippen LogP contribution in [-0.2, 0) is 91.6 Å². The van der Waals surface area contributed by atoms with Gasteiger partial charge >= 0.3 is 49.4 Å². The summed E-state index contributed by atoms with van der Waals surface area (Å²) in [6.07, 6.45) is -39.6. The Labute approximate surface area is 612 Å². The molecular weight excluding hydrogens is 1660 g/mol. The zero-order valence-corrected chi connectivity index (χ0v) is 58.6. The normalized spacial score (nSPS) is 15.6. The maximum absolute atomic E-state index is 14.2. The van der Waals surface area contributed by atoms with Crippen LogP contribution in [0.5, 0.6) is 0 Å². The van der Waals surface area contributed by atoms with E-state index in [1.165, 1.54) is 47.4 Å². The standard InChI is InChI=1S/C37H34NO2P.C32H12BF24.C8H12.Ir/c1-29-35(38-36(39-29)32-21-11-4-12-22-32)37(27-30-17-7-2-8-18-30,28-31-19-9-3-10-20-31)40-41(33-23-13-5-14-24-33)34-25-15-6-16-26-34;34-25(35,36)13-1-14(26(37,38)39)6-21(5-13)33(22-7-15(27(40,41)42)2-16(8-22)28(43,44)45,23-9-17(29(46,47)48)3-18(10-23)30(49,50)51)24-11-19(31(52,53)54)4-20(12-24)32(55,56)57;1-2-4-6-8-7-5-3-1;/h2-26,29,35H,27-28H2,1H3;1-12H;1-2,7-8H,3-6H2;/q;-1;;. The summed E-state index contributed by atoms with van der Waals surface area (Å²) >= 11 is 0. The van der Waals surface area contributed by atoms with E-state index in [-0.39, 0.29) is 32.3 Å². The van der Waals surface area contributed by atoms with Crippen LogP contribution < -0.4 is 32.5 Å². The van der Waals surface area contributed by atoms with E-state index < -0.39 is 208 Å². The van der Waals surface area contributed by atoms with Gasteiger partial charge in [-0.2, -0.15) is 127 Å². The Bertz CT molecular complexity index is 3980. The Balaban J connectivity index is 0.000000251. The van der Waals surface area contributed by atoms with Crippen LogP contribution in [0.15, 0.2) is 254 Å². The van der Waals surface area contributed by atoms with Crippen molar-refractivity contribution in [2.45, 2.75) is 113 Å². The molecule has 30 heteroatoms. The van der Waals surface area contributed by atoms with Crippen LogP contribution >= 0.6 is 8.15 Å². The predicted molar refractivity (Wildman–Crippen MR) is 357 cm³/mol. The van der Waals surface area contributed by atoms with E-state index >= 15 is 0 Å². The van der Waals surface area contributed by atoms with Crippen molar-refractivity contribution in [3.63, 3.8) is 0 Å². The fourth-order valence-corrected chi connectivity index (χ4v) is 14.5. The van der Waals surface area contributed by atoms with Crippen LogP contribution in [0.4, 0.5) is 105 Å². The monoisotopic (exact) mass is 1720 g/mol. The molecule has 107 heavy (non-hydrogen) atoms. The Hall–Kier alpha value is -8.65. The molecule has 0 saturated heterocycles. The van der Waals surface area contributed by atoms with Crippen molar-refractivity contribution in [3.05, 3.63) is 310 Å². The summed E-state index contributed by atoms with van der Waals surface area (Å²) in [5.74, 6) is 0.681. The van der Waals surface area contributed by atoms with Gasteiger partial charge in [-0.05, 0) is 80.1 Å². The van der Waals surface area contributed by atoms with Crippen LogP contribution in [-0.4, -0.2) is 29.8 Å². The first-order chi connectivity index (χ1) is 49.5. The second kappa shape index (κ2) is 33.5. The minimum atomic E-state index is -6.13. The van der Waals surface area contributed by atoms with E-state index in [0.717, 1.165) is 5.56 Å². The molecule has 3 nitrogen and oxygen atoms in total. The van der Waals surface area contributed by atoms with Crippen LogP contribution in [0, 0.1) is 0 Å². The van der Waals surface area contributed by atoms with Gasteiger partial charge in [-0.25, -0.2) is 4.99 Å². The number of aliphatic imine (C=N–C) groups is 1. The van der Waals surface area contributed by atoms with Gasteiger partial charge in [0, 0.05) is 49.1 Å². The van der Waals surface area contributed by atoms with Crippen LogP contribution in [0.1, 0.15) is 93.8 Å². The second-order valence-corrected chi connectivity index (χ2v) is 26.6. The van der Waals surface area contributed by atoms with Gasteiger partial charge in [-0.15, -0.1) is 0 Å². The number of benzene rings is 9. The molecule has 0 N–H and O–H groups in total. The van der Waals surface area contributed by atoms with E-state index in [0.29, 0.717) is 18.7 Å². The van der Waals surface area contributed by atoms with Gasteiger partial charge < -0.3 is 9.26 Å². The zero-order valence-electron chi connectivity index (χ0n) is 55.3. The van der Waals surface area contributed by atoms with E-state index in [4.69, 9.17) is 14.3 Å². The van der Waals surface area contributed by atoms with Gasteiger partial charge in [0.05, 0.1) is 52.7 Å². The molecule has 1 aliphatic heterocycles. The average Bonchev–Trinajstić information content (AvgIpc) is 1.18. The molecule has 11 rings (SSSR count). The second-order valence-electron chi connectivity index (χ2n) is 24.8. The quantitative estimate of drug-likeness (QED) is 0.0470. The predicted octanol–water partition coefficient (Wildman–Crippen LogP) is 21.4. The van der Waals surface area contributed by atoms with Gasteiger partial charge in [0.25, 0.3) is 0 Å². The average molecular weight is 1720 g/mol. The number of hydrogen-bond donors (Lipinski definition) is 0. The first kappa shape index (κ1) is 84.0. The SMILES string of the molecule is C1=CCCC=CCC1.CC1OC(c2ccccc2)=NC1C(Cc1ccccc1)(Cc1ccccc1)OP(c1ccccc1)c1ccccc1.FC(F)(F)c1cc([B-](c2cc(C(F)(F)F)cc(C(F)(F)F)c2)(c2cc(C(F)(F)F)cc(C(F)(F)F)c2)c2cc(C(F)(F)F)cc(C(F)(F)F)c2)cc(C(F)(F)F)c1.[Ir]. The zero-order chi connectivity index (χ0) is 77.5. The summed E-state index contributed by atoms with van der Waals surface area (Å²) in [6, 6.07) is 43.7. The Morgan fingerprint density at radius 1 is 0.346 bits per heavy atom. The number of rotatable bonds is 14. The topological polar surface area (TPSA) is 30.8 Å². The fraction of sp³-hybridized carbons (Fsp3) is 0.234. The molecule has 0 saturated carbocycles. The molecule has 2 aliphatic rings. The van der Waals surface area contributed by atoms with E-state index in [2.05, 4.69) is 165 Å². The number of hydrogen-bond acceptors (Lipinski definition) is 3. The van der Waals surface area contributed by atoms with Crippen molar-refractivity contribution < 1.29 is 135 Å². The third-order valence-electron chi connectivity index (χ3n) is 17.3. The van der Waals surface area contributed by atoms with Crippen molar-refractivity contribution in [2.75, 3.05) is 0 Å². The maximum Gasteiger partial charge on any atom is 0.416 e. The number of allylic oxidation sites excluding steroid dienone is 4. The molecule has 569 valence electrons. The number of nitrogens with zero attached hydrogens (tertiary/aromatic N) is 1. The van der Waals surface area contributed by atoms with E-state index in [9.17, 15) is 105 Å². The summed E-state index contributed by atoms with van der Waals surface area (Å²) in [6.45, 7) is 2.13. The van der Waals surface area contributed by atoms with Crippen molar-refractivity contribution in [1.29, 1.82) is 0 Å². The van der Waals surface area contributed by atoms with Crippen LogP contribution in [0.25, 0.3) is 0 Å². The van der Waals surface area contributed by atoms with Gasteiger partial charge in [0.1, 0.15) is 23.9 Å². The number of alkyl halides is 24. The largest absolute Gasteiger partial charge is 0.472 e. The third-order valence-corrected chi connectivity index (χ3v) is 19.4. The number of ether oxygens (including phenoxy) is 1. The third kappa shape index (κ3) is 21.2. The van der Waals surface area contributed by atoms with Crippen molar-refractivity contribution >= 4 is 52.7 Å². The molecule has 9 aromatic carbocycles. The first-order valence-electron chi connectivity index (χ1n) is 32.1. The Kier molecular flexibility index (Phi) is 26.3. The maximum atomic E-state index is 14.2. The van der Waals surface area contributed by atoms with Gasteiger partial charge in [-0.3, -0.25) is 0 Å². The Morgan fingerprint density at radius 2 is 0.579 bits per heavy atom. The van der Waals surface area contributed by atoms with E-state index in [1.807, 2.05) is 18.2 Å². The van der Waals surface area contributed by atoms with Crippen LogP contribution in [0.3, 0.4) is 0 Å². The summed E-state index contributed by atoms with van der Waals surface area (Å²) in [5.41, 5.74) is -27.5. The smallest absolute Gasteiger partial charge is 0.416 e. The molecule has 1 aliphatic carbocycles. The van der Waals surface area contributed by atoms with E-state index in [1.54, 1.807) is 0 Å². The van der Waals surface area contributed by atoms with Crippen LogP contribution in [0.2, 0.25) is 0 Å². The molecule has 0 amide bonds. The van der Waals surface area contributed by atoms with Gasteiger partial charge in [-0.1, -0.05) is 212 Å². The van der Waals surface area contributed by atoms with Gasteiger partial charge in [0.15, 0.2) is 0 Å². The molecule has 9 aromatic rings. The first-order valence-corrected chi connectivity index (χ1v) is 33.4. The molecule has 2 unspecified atom stereocenters. The minimum Gasteiger partial charge on any atom is -0.472 e. The molecule has 1 heterocycles. The molecule has 0 fully saturated rings. The van der Waals surface area contributed by atoms with Crippen molar-refractivity contribution in [2.24, 2.45) is 4.99 Å². The molecule has 0 spiro atoms. The van der Waals surface area contributed by atoms with Gasteiger partial charge in [0.2, 0.25) is 5.90 Å². The van der Waals surface area contributed by atoms with Crippen molar-refractivity contribution in [3.8, 4) is 0 Å². The summed E-state index contributed by atoms with van der Waals surface area (Å²) < 4.78 is 355. The summed E-state index contributed by atoms with van der Waals surface area (Å²) in [7, 11) is -1.16. The molecule has 2 atom stereocenters. The molecule has 0 aromatic heterocycles. The number of halogens is 24. The van der Waals surface area contributed by atoms with Crippen molar-refractivity contribution in [1.82, 2.24) is 0 Å². The molecular formula is C77H58BF24IrNO2P-. The molecule has 1 radical (unpaired) electrons. The Morgan fingerprint density at radius 3 is 0.822 bits per heavy atom. The molecule has 0 bridgehead atoms.